The van der Waals surface area contributed by atoms with Gasteiger partial charge in [-0.25, -0.2) is 4.98 Å². The van der Waals surface area contributed by atoms with Gasteiger partial charge >= 0.3 is 0 Å². The summed E-state index contributed by atoms with van der Waals surface area (Å²) < 4.78 is 12.6. The lowest BCUT2D eigenvalue weighted by molar-refractivity contribution is 0.0786. The van der Waals surface area contributed by atoms with E-state index >= 15 is 0 Å². The highest BCUT2D eigenvalue weighted by molar-refractivity contribution is 7.13. The summed E-state index contributed by atoms with van der Waals surface area (Å²) in [7, 11) is 6.83. The van der Waals surface area contributed by atoms with Gasteiger partial charge in [-0.05, 0) is 30.5 Å². The lowest BCUT2D eigenvalue weighted by Gasteiger charge is -2.20. The topological polar surface area (TPSA) is 69.5 Å². The molecular weight excluding hydrogens is 412 g/mol. The van der Waals surface area contributed by atoms with Crippen LogP contribution in [0.15, 0.2) is 41.8 Å². The van der Waals surface area contributed by atoms with Crippen LogP contribution in [0.25, 0.3) is 21.6 Å². The fourth-order valence-corrected chi connectivity index (χ4v) is 4.46. The van der Waals surface area contributed by atoms with Crippen molar-refractivity contribution in [1.29, 1.82) is 0 Å². The summed E-state index contributed by atoms with van der Waals surface area (Å²) in [6, 6.07) is 11.5. The normalized spacial score (nSPS) is 11.0. The maximum absolute atomic E-state index is 13.6. The number of aryl methyl sites for hydroxylation is 2. The van der Waals surface area contributed by atoms with Gasteiger partial charge in [0.2, 0.25) is 0 Å². The second-order valence-corrected chi connectivity index (χ2v) is 8.20. The molecule has 4 aromatic rings. The van der Waals surface area contributed by atoms with Crippen molar-refractivity contribution in [1.82, 2.24) is 19.7 Å². The van der Waals surface area contributed by atoms with E-state index in [4.69, 9.17) is 14.5 Å². The van der Waals surface area contributed by atoms with Crippen molar-refractivity contribution in [3.8, 4) is 22.1 Å². The van der Waals surface area contributed by atoms with Crippen LogP contribution < -0.4 is 9.47 Å². The van der Waals surface area contributed by atoms with E-state index < -0.39 is 0 Å². The van der Waals surface area contributed by atoms with E-state index in [-0.39, 0.29) is 5.91 Å². The molecule has 7 nitrogen and oxygen atoms in total. The molecule has 8 heteroatoms. The van der Waals surface area contributed by atoms with Gasteiger partial charge in [0, 0.05) is 26.2 Å². The van der Waals surface area contributed by atoms with Crippen molar-refractivity contribution < 1.29 is 14.3 Å². The molecule has 3 aromatic heterocycles. The fraction of sp³-hybridized carbons (Fsp3) is 0.261. The number of ether oxygens (including phenoxy) is 2. The number of para-hydroxylation sites is 1. The molecule has 4 rings (SSSR count). The summed E-state index contributed by atoms with van der Waals surface area (Å²) in [5, 5.41) is 7.27. The summed E-state index contributed by atoms with van der Waals surface area (Å²) in [4.78, 5) is 21.1. The van der Waals surface area contributed by atoms with E-state index in [1.807, 2.05) is 55.7 Å². The molecule has 0 aliphatic carbocycles. The molecule has 0 aliphatic rings. The number of fused-ring (bicyclic) bond motifs is 1. The quantitative estimate of drug-likeness (QED) is 0.451. The van der Waals surface area contributed by atoms with Crippen molar-refractivity contribution in [3.63, 3.8) is 0 Å². The Kier molecular flexibility index (Phi) is 5.65. The lowest BCUT2D eigenvalue weighted by atomic mass is 10.1. The fourth-order valence-electron chi connectivity index (χ4n) is 3.78. The largest absolute Gasteiger partial charge is 0.493 e. The lowest BCUT2D eigenvalue weighted by Crippen LogP contribution is -2.27. The third kappa shape index (κ3) is 3.74. The second kappa shape index (κ2) is 8.39. The zero-order chi connectivity index (χ0) is 22.1. The molecule has 0 fully saturated rings. The summed E-state index contributed by atoms with van der Waals surface area (Å²) in [5.74, 6) is 1.16. The predicted molar refractivity (Wildman–Crippen MR) is 122 cm³/mol. The standard InChI is InChI=1S/C23H24N4O3S/c1-14-20-16(12-17(19-10-7-11-31-19)24-22(20)27(3)25-14)23(28)26(2)13-15-8-6-9-18(29-4)21(15)30-5/h6-12H,13H2,1-5H3. The molecule has 0 N–H and O–H groups in total. The van der Waals surface area contributed by atoms with Crippen LogP contribution >= 0.6 is 11.3 Å². The number of aromatic nitrogens is 3. The van der Waals surface area contributed by atoms with Gasteiger partial charge < -0.3 is 14.4 Å². The Hall–Kier alpha value is -3.39. The Balaban J connectivity index is 1.77. The third-order valence-corrected chi connectivity index (χ3v) is 6.10. The van der Waals surface area contributed by atoms with E-state index in [1.165, 1.54) is 0 Å². The van der Waals surface area contributed by atoms with E-state index in [0.29, 0.717) is 29.3 Å². The molecule has 0 saturated carbocycles. The first-order chi connectivity index (χ1) is 14.9. The van der Waals surface area contributed by atoms with Gasteiger partial charge in [-0.15, -0.1) is 11.3 Å². The zero-order valence-electron chi connectivity index (χ0n) is 18.2. The summed E-state index contributed by atoms with van der Waals surface area (Å²) in [5.41, 5.74) is 3.69. The third-order valence-electron chi connectivity index (χ3n) is 5.21. The Morgan fingerprint density at radius 3 is 2.68 bits per heavy atom. The predicted octanol–water partition coefficient (Wildman–Crippen LogP) is 4.29. The number of hydrogen-bond donors (Lipinski definition) is 0. The Labute approximate surface area is 184 Å². The number of pyridine rings is 1. The van der Waals surface area contributed by atoms with E-state index in [1.54, 1.807) is 42.2 Å². The highest BCUT2D eigenvalue weighted by Gasteiger charge is 2.23. The number of rotatable bonds is 6. The smallest absolute Gasteiger partial charge is 0.254 e. The Morgan fingerprint density at radius 2 is 2.00 bits per heavy atom. The van der Waals surface area contributed by atoms with Crippen molar-refractivity contribution in [2.75, 3.05) is 21.3 Å². The first-order valence-electron chi connectivity index (χ1n) is 9.78. The number of nitrogens with zero attached hydrogens (tertiary/aromatic N) is 4. The molecule has 1 aromatic carbocycles. The molecule has 0 unspecified atom stereocenters. The van der Waals surface area contributed by atoms with E-state index in [0.717, 1.165) is 27.2 Å². The maximum Gasteiger partial charge on any atom is 0.254 e. The summed E-state index contributed by atoms with van der Waals surface area (Å²) in [6.45, 7) is 2.27. The molecule has 0 saturated heterocycles. The first-order valence-corrected chi connectivity index (χ1v) is 10.7. The molecule has 0 atom stereocenters. The minimum absolute atomic E-state index is 0.105. The van der Waals surface area contributed by atoms with Gasteiger partial charge in [0.1, 0.15) is 0 Å². The zero-order valence-corrected chi connectivity index (χ0v) is 19.0. The highest BCUT2D eigenvalue weighted by Crippen LogP contribution is 2.33. The van der Waals surface area contributed by atoms with Crippen LogP contribution in [-0.4, -0.2) is 46.8 Å². The Morgan fingerprint density at radius 1 is 1.19 bits per heavy atom. The molecule has 31 heavy (non-hydrogen) atoms. The molecule has 3 heterocycles. The number of benzene rings is 1. The molecular formula is C23H24N4O3S. The van der Waals surface area contributed by atoms with Gasteiger partial charge in [-0.3, -0.25) is 9.48 Å². The van der Waals surface area contributed by atoms with Gasteiger partial charge in [0.15, 0.2) is 17.1 Å². The van der Waals surface area contributed by atoms with Crippen molar-refractivity contribution in [2.45, 2.75) is 13.5 Å². The van der Waals surface area contributed by atoms with E-state index in [2.05, 4.69) is 5.10 Å². The van der Waals surface area contributed by atoms with Crippen LogP contribution in [0.4, 0.5) is 0 Å². The SMILES string of the molecule is COc1cccc(CN(C)C(=O)c2cc(-c3cccs3)nc3c2c(C)nn3C)c1OC. The van der Waals surface area contributed by atoms with Crippen LogP contribution in [0.1, 0.15) is 21.6 Å². The van der Waals surface area contributed by atoms with Crippen molar-refractivity contribution in [2.24, 2.45) is 7.05 Å². The average Bonchev–Trinajstić information content (AvgIpc) is 3.41. The number of methoxy groups -OCH3 is 2. The number of carbonyl (C=O) groups excluding carboxylic acids is 1. The molecule has 0 aliphatic heterocycles. The van der Waals surface area contributed by atoms with Crippen LogP contribution in [0.3, 0.4) is 0 Å². The monoisotopic (exact) mass is 436 g/mol. The number of hydrogen-bond acceptors (Lipinski definition) is 6. The van der Waals surface area contributed by atoms with Gasteiger partial charge in [0.05, 0.1) is 41.4 Å². The second-order valence-electron chi connectivity index (χ2n) is 7.25. The van der Waals surface area contributed by atoms with Crippen LogP contribution in [0.5, 0.6) is 11.5 Å². The molecule has 0 spiro atoms. The Bertz CT molecular complexity index is 1250. The molecule has 0 bridgehead atoms. The molecule has 0 radical (unpaired) electrons. The maximum atomic E-state index is 13.6. The van der Waals surface area contributed by atoms with Crippen LogP contribution in [0.2, 0.25) is 0 Å². The summed E-state index contributed by atoms with van der Waals surface area (Å²) in [6.07, 6.45) is 0. The minimum Gasteiger partial charge on any atom is -0.493 e. The van der Waals surface area contributed by atoms with Crippen LogP contribution in [0, 0.1) is 6.92 Å². The number of amides is 1. The van der Waals surface area contributed by atoms with Gasteiger partial charge in [-0.2, -0.15) is 5.10 Å². The number of thiophene rings is 1. The van der Waals surface area contributed by atoms with Crippen molar-refractivity contribution >= 4 is 28.3 Å². The van der Waals surface area contributed by atoms with Gasteiger partial charge in [0.25, 0.3) is 5.91 Å². The van der Waals surface area contributed by atoms with E-state index in [9.17, 15) is 4.79 Å². The van der Waals surface area contributed by atoms with Gasteiger partial charge in [-0.1, -0.05) is 18.2 Å². The first kappa shape index (κ1) is 20.9. The molecule has 1 amide bonds. The van der Waals surface area contributed by atoms with Crippen LogP contribution in [-0.2, 0) is 13.6 Å². The highest BCUT2D eigenvalue weighted by atomic mass is 32.1. The minimum atomic E-state index is -0.105. The number of carbonyl (C=O) groups is 1. The average molecular weight is 437 g/mol. The van der Waals surface area contributed by atoms with Crippen molar-refractivity contribution in [3.05, 3.63) is 58.6 Å². The molecule has 160 valence electrons. The summed E-state index contributed by atoms with van der Waals surface area (Å²) >= 11 is 1.59.